The summed E-state index contributed by atoms with van der Waals surface area (Å²) in [6.07, 6.45) is 13.4. The number of alkyl halides is 1. The molecule has 2 unspecified atom stereocenters. The number of benzene rings is 1. The summed E-state index contributed by atoms with van der Waals surface area (Å²) in [6, 6.07) is 2.61. The van der Waals surface area contributed by atoms with Gasteiger partial charge >= 0.3 is 0 Å². The van der Waals surface area contributed by atoms with E-state index in [0.29, 0.717) is 35.2 Å². The highest BCUT2D eigenvalue weighted by Crippen LogP contribution is 2.29. The topological polar surface area (TPSA) is 77.9 Å². The molecule has 34 heavy (non-hydrogen) atoms. The minimum Gasteiger partial charge on any atom is -0.394 e. The molecule has 1 N–H and O–H groups in total. The van der Waals surface area contributed by atoms with E-state index in [4.69, 9.17) is 18.0 Å². The zero-order chi connectivity index (χ0) is 25.4. The van der Waals surface area contributed by atoms with Gasteiger partial charge in [0.2, 0.25) is 6.41 Å². The van der Waals surface area contributed by atoms with Crippen LogP contribution < -0.4 is 0 Å². The van der Waals surface area contributed by atoms with E-state index >= 15 is 0 Å². The number of carbonyl (C=O) groups is 3. The highest BCUT2D eigenvalue weighted by molar-refractivity contribution is 6.23. The maximum atomic E-state index is 13.5. The second kappa shape index (κ2) is 12.4. The van der Waals surface area contributed by atoms with Gasteiger partial charge in [-0.05, 0) is 55.5 Å². The second-order valence-corrected chi connectivity index (χ2v) is 8.67. The van der Waals surface area contributed by atoms with E-state index < -0.39 is 17.3 Å². The van der Waals surface area contributed by atoms with Gasteiger partial charge in [-0.2, -0.15) is 0 Å². The lowest BCUT2D eigenvalue weighted by atomic mass is 9.92. The molecule has 1 aromatic rings. The monoisotopic (exact) mass is 482 g/mol. The van der Waals surface area contributed by atoms with Crippen LogP contribution >= 0.6 is 11.6 Å². The minimum absolute atomic E-state index is 0.0788. The van der Waals surface area contributed by atoms with Crippen molar-refractivity contribution >= 4 is 35.9 Å². The molecule has 3 amide bonds. The van der Waals surface area contributed by atoms with Gasteiger partial charge in [0, 0.05) is 30.3 Å². The summed E-state index contributed by atoms with van der Waals surface area (Å²) >= 11 is 6.54. The Balaban J connectivity index is 2.60. The number of halogens is 1. The van der Waals surface area contributed by atoms with E-state index in [0.717, 1.165) is 17.7 Å². The van der Waals surface area contributed by atoms with Gasteiger partial charge < -0.3 is 10.0 Å². The van der Waals surface area contributed by atoms with Gasteiger partial charge in [0.1, 0.15) is 0 Å². The van der Waals surface area contributed by atoms with Gasteiger partial charge in [-0.25, -0.2) is 0 Å². The van der Waals surface area contributed by atoms with Crippen molar-refractivity contribution in [1.82, 2.24) is 9.80 Å². The third-order valence-electron chi connectivity index (χ3n) is 6.13. The quantitative estimate of drug-likeness (QED) is 0.325. The number of hydrogen-bond donors (Lipinski definition) is 1. The molecule has 0 spiro atoms. The fourth-order valence-electron chi connectivity index (χ4n) is 3.82. The Bertz CT molecular complexity index is 1070. The van der Waals surface area contributed by atoms with Crippen LogP contribution in [-0.2, 0) is 11.2 Å². The highest BCUT2D eigenvalue weighted by Gasteiger charge is 2.29. The lowest BCUT2D eigenvalue weighted by Crippen LogP contribution is -2.38. The summed E-state index contributed by atoms with van der Waals surface area (Å²) in [4.78, 5) is 41.1. The van der Waals surface area contributed by atoms with Gasteiger partial charge in [0.05, 0.1) is 18.0 Å². The van der Waals surface area contributed by atoms with Crippen LogP contribution in [0.3, 0.4) is 0 Å². The molecular formula is C27H31ClN2O4. The average Bonchev–Trinajstić information content (AvgIpc) is 3.04. The van der Waals surface area contributed by atoms with E-state index in [9.17, 15) is 19.5 Å². The van der Waals surface area contributed by atoms with E-state index in [1.54, 1.807) is 20.0 Å². The Labute approximate surface area is 206 Å². The normalized spacial score (nSPS) is 16.3. The van der Waals surface area contributed by atoms with Crippen molar-refractivity contribution in [2.75, 3.05) is 13.7 Å². The highest BCUT2D eigenvalue weighted by atomic mass is 35.5. The smallest absolute Gasteiger partial charge is 0.265 e. The van der Waals surface area contributed by atoms with Crippen LogP contribution in [-0.4, -0.2) is 58.2 Å². The van der Waals surface area contributed by atoms with E-state index in [1.165, 1.54) is 28.7 Å². The lowest BCUT2D eigenvalue weighted by molar-refractivity contribution is -0.114. The van der Waals surface area contributed by atoms with Gasteiger partial charge in [-0.15, -0.1) is 23.9 Å². The average molecular weight is 483 g/mol. The zero-order valence-corrected chi connectivity index (χ0v) is 20.6. The summed E-state index contributed by atoms with van der Waals surface area (Å²) in [7, 11) is 1.58. The number of hydrogen-bond acceptors (Lipinski definition) is 4. The molecule has 180 valence electrons. The molecule has 1 aliphatic carbocycles. The number of carbonyl (C=O) groups excluding carboxylic acids is 3. The standard InChI is InChI=1S/C27H31ClN2O4/c1-6-9-21-20(8-3)22(12-13-23(21)26(33)29(5)18(4)16-31)27(34)30(17-32)25-15-11-19(7-2)10-14-24(25)28/h1,8,11-13,15,17-18,24,31H,3,7,9-10,14,16H2,2,4-5H3. The first-order valence-corrected chi connectivity index (χ1v) is 11.6. The largest absolute Gasteiger partial charge is 0.394 e. The second-order valence-electron chi connectivity index (χ2n) is 8.14. The van der Waals surface area contributed by atoms with Crippen molar-refractivity contribution < 1.29 is 19.5 Å². The number of allylic oxidation sites excluding steroid dienone is 4. The van der Waals surface area contributed by atoms with Crippen molar-refractivity contribution in [1.29, 1.82) is 0 Å². The van der Waals surface area contributed by atoms with Crippen molar-refractivity contribution in [3.05, 3.63) is 64.4 Å². The predicted molar refractivity (Wildman–Crippen MR) is 135 cm³/mol. The number of aliphatic hydroxyl groups excluding tert-OH is 1. The van der Waals surface area contributed by atoms with Crippen LogP contribution in [0, 0.1) is 12.3 Å². The number of rotatable bonds is 9. The fourth-order valence-corrected chi connectivity index (χ4v) is 4.11. The summed E-state index contributed by atoms with van der Waals surface area (Å²) in [5, 5.41) is 8.92. The van der Waals surface area contributed by atoms with Crippen molar-refractivity contribution in [3.63, 3.8) is 0 Å². The molecule has 1 aliphatic rings. The molecule has 0 saturated heterocycles. The lowest BCUT2D eigenvalue weighted by Gasteiger charge is -2.26. The number of terminal acetylenes is 1. The first-order valence-electron chi connectivity index (χ1n) is 11.2. The maximum absolute atomic E-state index is 13.5. The summed E-state index contributed by atoms with van der Waals surface area (Å²) in [5.41, 5.74) is 2.93. The molecule has 7 heteroatoms. The Morgan fingerprint density at radius 3 is 2.56 bits per heavy atom. The molecule has 0 radical (unpaired) electrons. The first-order chi connectivity index (χ1) is 16.2. The Morgan fingerprint density at radius 1 is 1.32 bits per heavy atom. The van der Waals surface area contributed by atoms with Crippen molar-refractivity contribution in [2.24, 2.45) is 0 Å². The number of likely N-dealkylation sites (N-methyl/N-ethyl adjacent to an activating group) is 1. The fraction of sp³-hybridized carbons (Fsp3) is 0.370. The van der Waals surface area contributed by atoms with Crippen LogP contribution in [0.1, 0.15) is 65.0 Å². The summed E-state index contributed by atoms with van der Waals surface area (Å²) < 4.78 is 0. The third kappa shape index (κ3) is 5.67. The van der Waals surface area contributed by atoms with Gasteiger partial charge in [0.15, 0.2) is 0 Å². The SMILES string of the molecule is C#CCc1c(C(=O)N(C)C(C)CO)ccc(C(=O)N(C=O)C2=CC=C(CC)CCC2Cl)c1C=C. The first kappa shape index (κ1) is 27.1. The predicted octanol–water partition coefficient (Wildman–Crippen LogP) is 4.18. The van der Waals surface area contributed by atoms with Crippen LogP contribution in [0.4, 0.5) is 0 Å². The van der Waals surface area contributed by atoms with Crippen LogP contribution in [0.2, 0.25) is 0 Å². The number of amides is 3. The van der Waals surface area contributed by atoms with E-state index in [1.807, 2.05) is 13.0 Å². The van der Waals surface area contributed by atoms with Gasteiger partial charge in [0.25, 0.3) is 11.8 Å². The Hall–Kier alpha value is -3.14. The molecule has 6 nitrogen and oxygen atoms in total. The molecule has 0 aliphatic heterocycles. The molecular weight excluding hydrogens is 452 g/mol. The summed E-state index contributed by atoms with van der Waals surface area (Å²) in [6.45, 7) is 7.38. The zero-order valence-electron chi connectivity index (χ0n) is 19.9. The minimum atomic E-state index is -0.579. The molecule has 0 saturated carbocycles. The van der Waals surface area contributed by atoms with Crippen molar-refractivity contribution in [3.8, 4) is 12.3 Å². The summed E-state index contributed by atoms with van der Waals surface area (Å²) in [5.74, 6) is 1.61. The Morgan fingerprint density at radius 2 is 2.00 bits per heavy atom. The van der Waals surface area contributed by atoms with E-state index in [2.05, 4.69) is 12.5 Å². The molecule has 1 aromatic carbocycles. The van der Waals surface area contributed by atoms with Crippen LogP contribution in [0.15, 0.2) is 42.1 Å². The Kier molecular flexibility index (Phi) is 9.85. The third-order valence-corrected chi connectivity index (χ3v) is 6.57. The number of nitrogens with zero attached hydrogens (tertiary/aromatic N) is 2. The van der Waals surface area contributed by atoms with Crippen LogP contribution in [0.5, 0.6) is 0 Å². The van der Waals surface area contributed by atoms with E-state index in [-0.39, 0.29) is 24.5 Å². The maximum Gasteiger partial charge on any atom is 0.265 e. The molecule has 0 bridgehead atoms. The van der Waals surface area contributed by atoms with Crippen molar-refractivity contribution in [2.45, 2.75) is 50.9 Å². The molecule has 0 heterocycles. The molecule has 2 atom stereocenters. The molecule has 0 aromatic heterocycles. The van der Waals surface area contributed by atoms with Crippen LogP contribution in [0.25, 0.3) is 6.08 Å². The number of imide groups is 1. The van der Waals surface area contributed by atoms with Gasteiger partial charge in [-0.3, -0.25) is 19.3 Å². The molecule has 0 fully saturated rings. The number of aliphatic hydroxyl groups is 1. The molecule has 2 rings (SSSR count). The van der Waals surface area contributed by atoms with Gasteiger partial charge in [-0.1, -0.05) is 31.2 Å².